The van der Waals surface area contributed by atoms with Gasteiger partial charge in [0.15, 0.2) is 0 Å². The van der Waals surface area contributed by atoms with E-state index in [1.54, 1.807) is 6.07 Å². The second-order valence-corrected chi connectivity index (χ2v) is 5.88. The molecular formula is C18H18N2O3. The molecule has 118 valence electrons. The van der Waals surface area contributed by atoms with Crippen molar-refractivity contribution in [2.45, 2.75) is 32.2 Å². The van der Waals surface area contributed by atoms with Gasteiger partial charge in [0.2, 0.25) is 0 Å². The largest absolute Gasteiger partial charge is 0.346 e. The Morgan fingerprint density at radius 3 is 2.74 bits per heavy atom. The SMILES string of the molecule is CC(NC(=O)c1cccc([N+](=O)[O-])c1)c1ccc2c(c1)CCC2. The molecule has 1 aliphatic carbocycles. The van der Waals surface area contributed by atoms with Gasteiger partial charge in [0.05, 0.1) is 11.0 Å². The first kappa shape index (κ1) is 15.2. The Labute approximate surface area is 134 Å². The number of hydrogen-bond donors (Lipinski definition) is 1. The van der Waals surface area contributed by atoms with Gasteiger partial charge in [-0.1, -0.05) is 24.3 Å². The highest BCUT2D eigenvalue weighted by Crippen LogP contribution is 2.25. The van der Waals surface area contributed by atoms with Crippen molar-refractivity contribution >= 4 is 11.6 Å². The minimum absolute atomic E-state index is 0.0807. The van der Waals surface area contributed by atoms with Crippen LogP contribution in [-0.4, -0.2) is 10.8 Å². The number of aryl methyl sites for hydroxylation is 2. The number of non-ortho nitro benzene ring substituents is 1. The summed E-state index contributed by atoms with van der Waals surface area (Å²) >= 11 is 0. The first-order valence-corrected chi connectivity index (χ1v) is 7.71. The molecule has 1 atom stereocenters. The summed E-state index contributed by atoms with van der Waals surface area (Å²) < 4.78 is 0. The Morgan fingerprint density at radius 1 is 1.17 bits per heavy atom. The fourth-order valence-corrected chi connectivity index (χ4v) is 2.99. The third kappa shape index (κ3) is 3.23. The molecule has 2 aromatic rings. The Kier molecular flexibility index (Phi) is 4.10. The topological polar surface area (TPSA) is 72.2 Å². The molecule has 23 heavy (non-hydrogen) atoms. The predicted molar refractivity (Wildman–Crippen MR) is 87.4 cm³/mol. The molecule has 0 aromatic heterocycles. The Hall–Kier alpha value is -2.69. The Balaban J connectivity index is 1.74. The number of rotatable bonds is 4. The van der Waals surface area contributed by atoms with Crippen LogP contribution in [-0.2, 0) is 12.8 Å². The van der Waals surface area contributed by atoms with Crippen LogP contribution in [0.1, 0.15) is 46.4 Å². The first-order valence-electron chi connectivity index (χ1n) is 7.71. The molecule has 1 N–H and O–H groups in total. The van der Waals surface area contributed by atoms with Crippen molar-refractivity contribution in [1.29, 1.82) is 0 Å². The van der Waals surface area contributed by atoms with Gasteiger partial charge < -0.3 is 5.32 Å². The van der Waals surface area contributed by atoms with E-state index in [-0.39, 0.29) is 17.6 Å². The lowest BCUT2D eigenvalue weighted by molar-refractivity contribution is -0.384. The summed E-state index contributed by atoms with van der Waals surface area (Å²) in [4.78, 5) is 22.6. The van der Waals surface area contributed by atoms with Gasteiger partial charge in [0.25, 0.3) is 11.6 Å². The number of amides is 1. The molecule has 0 radical (unpaired) electrons. The minimum atomic E-state index is -0.499. The fourth-order valence-electron chi connectivity index (χ4n) is 2.99. The van der Waals surface area contributed by atoms with Gasteiger partial charge in [-0.3, -0.25) is 14.9 Å². The van der Waals surface area contributed by atoms with Crippen LogP contribution < -0.4 is 5.32 Å². The molecule has 0 saturated carbocycles. The van der Waals surface area contributed by atoms with Crippen LogP contribution in [0.2, 0.25) is 0 Å². The number of carbonyl (C=O) groups is 1. The Morgan fingerprint density at radius 2 is 1.96 bits per heavy atom. The van der Waals surface area contributed by atoms with E-state index in [0.29, 0.717) is 5.56 Å². The molecule has 5 nitrogen and oxygen atoms in total. The van der Waals surface area contributed by atoms with Crippen molar-refractivity contribution in [3.8, 4) is 0 Å². The molecule has 0 spiro atoms. The minimum Gasteiger partial charge on any atom is -0.346 e. The van der Waals surface area contributed by atoms with E-state index in [1.165, 1.54) is 35.7 Å². The lowest BCUT2D eigenvalue weighted by atomic mass is 10.0. The summed E-state index contributed by atoms with van der Waals surface area (Å²) in [6, 6.07) is 12.0. The van der Waals surface area contributed by atoms with E-state index in [2.05, 4.69) is 17.4 Å². The maximum Gasteiger partial charge on any atom is 0.270 e. The molecule has 2 aromatic carbocycles. The molecule has 0 saturated heterocycles. The monoisotopic (exact) mass is 310 g/mol. The fraction of sp³-hybridized carbons (Fsp3) is 0.278. The van der Waals surface area contributed by atoms with Crippen molar-refractivity contribution in [3.05, 3.63) is 74.8 Å². The predicted octanol–water partition coefficient (Wildman–Crippen LogP) is 3.57. The first-order chi connectivity index (χ1) is 11.0. The molecule has 1 amide bonds. The van der Waals surface area contributed by atoms with Crippen molar-refractivity contribution in [2.75, 3.05) is 0 Å². The molecule has 5 heteroatoms. The average Bonchev–Trinajstić information content (AvgIpc) is 3.02. The van der Waals surface area contributed by atoms with Crippen molar-refractivity contribution < 1.29 is 9.72 Å². The van der Waals surface area contributed by atoms with Gasteiger partial charge in [-0.25, -0.2) is 0 Å². The number of nitrogens with one attached hydrogen (secondary N) is 1. The van der Waals surface area contributed by atoms with Crippen LogP contribution in [0.4, 0.5) is 5.69 Å². The lowest BCUT2D eigenvalue weighted by Gasteiger charge is -2.15. The zero-order chi connectivity index (χ0) is 16.4. The van der Waals surface area contributed by atoms with E-state index in [0.717, 1.165) is 18.4 Å². The van der Waals surface area contributed by atoms with Gasteiger partial charge in [-0.05, 0) is 48.9 Å². The zero-order valence-corrected chi connectivity index (χ0v) is 12.9. The van der Waals surface area contributed by atoms with E-state index in [4.69, 9.17) is 0 Å². The maximum absolute atomic E-state index is 12.3. The molecule has 0 aliphatic heterocycles. The summed E-state index contributed by atoms with van der Waals surface area (Å²) in [6.07, 6.45) is 3.41. The molecule has 0 fully saturated rings. The maximum atomic E-state index is 12.3. The third-order valence-electron chi connectivity index (χ3n) is 4.29. The number of nitro groups is 1. The summed E-state index contributed by atoms with van der Waals surface area (Å²) in [6.45, 7) is 1.92. The molecule has 0 bridgehead atoms. The molecule has 1 aliphatic rings. The van der Waals surface area contributed by atoms with Gasteiger partial charge in [-0.15, -0.1) is 0 Å². The second-order valence-electron chi connectivity index (χ2n) is 5.88. The summed E-state index contributed by atoms with van der Waals surface area (Å²) in [5, 5.41) is 13.7. The summed E-state index contributed by atoms with van der Waals surface area (Å²) in [7, 11) is 0. The van der Waals surface area contributed by atoms with E-state index < -0.39 is 4.92 Å². The van der Waals surface area contributed by atoms with E-state index in [1.807, 2.05) is 13.0 Å². The average molecular weight is 310 g/mol. The summed E-state index contributed by atoms with van der Waals surface area (Å²) in [5.74, 6) is -0.304. The molecule has 1 unspecified atom stereocenters. The highest BCUT2D eigenvalue weighted by atomic mass is 16.6. The number of fused-ring (bicyclic) bond motifs is 1. The highest BCUT2D eigenvalue weighted by molar-refractivity contribution is 5.95. The van der Waals surface area contributed by atoms with E-state index >= 15 is 0 Å². The van der Waals surface area contributed by atoms with Gasteiger partial charge in [-0.2, -0.15) is 0 Å². The molecule has 3 rings (SSSR count). The number of hydrogen-bond acceptors (Lipinski definition) is 3. The van der Waals surface area contributed by atoms with Gasteiger partial charge in [0, 0.05) is 17.7 Å². The highest BCUT2D eigenvalue weighted by Gasteiger charge is 2.17. The van der Waals surface area contributed by atoms with Crippen LogP contribution >= 0.6 is 0 Å². The quantitative estimate of drug-likeness (QED) is 0.693. The van der Waals surface area contributed by atoms with Crippen LogP contribution in [0.25, 0.3) is 0 Å². The lowest BCUT2D eigenvalue weighted by Crippen LogP contribution is -2.26. The number of carbonyl (C=O) groups excluding carboxylic acids is 1. The van der Waals surface area contributed by atoms with Crippen molar-refractivity contribution in [2.24, 2.45) is 0 Å². The van der Waals surface area contributed by atoms with Crippen molar-refractivity contribution in [3.63, 3.8) is 0 Å². The van der Waals surface area contributed by atoms with Crippen LogP contribution in [0.15, 0.2) is 42.5 Å². The van der Waals surface area contributed by atoms with Gasteiger partial charge in [0.1, 0.15) is 0 Å². The smallest absolute Gasteiger partial charge is 0.270 e. The summed E-state index contributed by atoms with van der Waals surface area (Å²) in [5.41, 5.74) is 4.03. The standard InChI is InChI=1S/C18H18N2O3/c1-12(14-9-8-13-4-2-5-15(13)10-14)19-18(21)16-6-3-7-17(11-16)20(22)23/h3,6-12H,2,4-5H2,1H3,(H,19,21). The van der Waals surface area contributed by atoms with Crippen LogP contribution in [0, 0.1) is 10.1 Å². The number of nitrogens with zero attached hydrogens (tertiary/aromatic N) is 1. The molecular weight excluding hydrogens is 292 g/mol. The second kappa shape index (κ2) is 6.20. The van der Waals surface area contributed by atoms with E-state index in [9.17, 15) is 14.9 Å². The van der Waals surface area contributed by atoms with Gasteiger partial charge >= 0.3 is 0 Å². The normalized spacial score (nSPS) is 14.1. The number of benzene rings is 2. The Bertz CT molecular complexity index is 771. The van der Waals surface area contributed by atoms with Crippen LogP contribution in [0.3, 0.4) is 0 Å². The van der Waals surface area contributed by atoms with Crippen LogP contribution in [0.5, 0.6) is 0 Å². The zero-order valence-electron chi connectivity index (χ0n) is 12.9. The van der Waals surface area contributed by atoms with Crippen molar-refractivity contribution in [1.82, 2.24) is 5.32 Å². The third-order valence-corrected chi connectivity index (χ3v) is 4.29. The molecule has 0 heterocycles. The number of nitro benzene ring substituents is 1.